The van der Waals surface area contributed by atoms with E-state index in [-0.39, 0.29) is 16.4 Å². The number of carbonyl (C=O) groups excluding carboxylic acids is 2. The summed E-state index contributed by atoms with van der Waals surface area (Å²) in [6.07, 6.45) is -0.747. The van der Waals surface area contributed by atoms with Crippen LogP contribution in [0.5, 0.6) is 5.75 Å². The highest BCUT2D eigenvalue weighted by Gasteiger charge is 2.17. The van der Waals surface area contributed by atoms with Gasteiger partial charge in [-0.3, -0.25) is 25.8 Å². The molecular weight excluding hydrogens is 398 g/mol. The fourth-order valence-electron chi connectivity index (χ4n) is 2.59. The number of thiocarbonyl (C=S) groups is 1. The molecule has 160 valence electrons. The van der Waals surface area contributed by atoms with Crippen LogP contribution in [-0.2, 0) is 10.2 Å². The predicted octanol–water partition coefficient (Wildman–Crippen LogP) is 3.70. The fraction of sp³-hybridized carbons (Fsp3) is 0.348. The van der Waals surface area contributed by atoms with E-state index in [1.54, 1.807) is 19.1 Å². The van der Waals surface area contributed by atoms with E-state index in [1.807, 2.05) is 44.2 Å². The number of hydrogen-bond acceptors (Lipinski definition) is 4. The monoisotopic (exact) mass is 427 g/mol. The Morgan fingerprint density at radius 2 is 1.60 bits per heavy atom. The molecule has 2 rings (SSSR count). The van der Waals surface area contributed by atoms with Crippen LogP contribution in [0.1, 0.15) is 54.7 Å². The summed E-state index contributed by atoms with van der Waals surface area (Å²) in [5, 5.41) is 2.53. The van der Waals surface area contributed by atoms with E-state index >= 15 is 0 Å². The van der Waals surface area contributed by atoms with Crippen LogP contribution >= 0.6 is 12.2 Å². The molecule has 0 aliphatic carbocycles. The third-order valence-electron chi connectivity index (χ3n) is 4.70. The molecule has 3 N–H and O–H groups in total. The van der Waals surface area contributed by atoms with Crippen molar-refractivity contribution in [3.63, 3.8) is 0 Å². The molecule has 1 unspecified atom stereocenters. The van der Waals surface area contributed by atoms with Gasteiger partial charge in [-0.25, -0.2) is 0 Å². The number of amides is 2. The number of aryl methyl sites for hydroxylation is 2. The summed E-state index contributed by atoms with van der Waals surface area (Å²) in [5.41, 5.74) is 8.81. The smallest absolute Gasteiger partial charge is 0.279 e. The van der Waals surface area contributed by atoms with Crippen LogP contribution in [0.2, 0.25) is 0 Å². The van der Waals surface area contributed by atoms with Crippen molar-refractivity contribution < 1.29 is 14.3 Å². The van der Waals surface area contributed by atoms with Crippen molar-refractivity contribution in [3.05, 3.63) is 64.7 Å². The van der Waals surface area contributed by atoms with E-state index in [2.05, 4.69) is 36.9 Å². The number of benzene rings is 2. The van der Waals surface area contributed by atoms with E-state index in [1.165, 1.54) is 0 Å². The third-order valence-corrected chi connectivity index (χ3v) is 4.90. The van der Waals surface area contributed by atoms with Gasteiger partial charge in [0.05, 0.1) is 0 Å². The summed E-state index contributed by atoms with van der Waals surface area (Å²) in [6, 6.07) is 13.0. The minimum Gasteiger partial charge on any atom is -0.481 e. The zero-order valence-corrected chi connectivity index (χ0v) is 19.1. The quantitative estimate of drug-likeness (QED) is 0.512. The Morgan fingerprint density at radius 1 is 0.967 bits per heavy atom. The minimum atomic E-state index is -0.747. The third kappa shape index (κ3) is 6.56. The molecule has 6 nitrogen and oxygen atoms in total. The maximum absolute atomic E-state index is 12.3. The second kappa shape index (κ2) is 9.71. The summed E-state index contributed by atoms with van der Waals surface area (Å²) in [4.78, 5) is 24.5. The lowest BCUT2D eigenvalue weighted by atomic mass is 9.87. The normalized spacial score (nSPS) is 11.9. The summed E-state index contributed by atoms with van der Waals surface area (Å²) in [5.74, 6) is -0.170. The van der Waals surface area contributed by atoms with Gasteiger partial charge in [0.25, 0.3) is 11.8 Å². The van der Waals surface area contributed by atoms with Gasteiger partial charge in [-0.15, -0.1) is 0 Å². The van der Waals surface area contributed by atoms with E-state index in [0.29, 0.717) is 11.3 Å². The van der Waals surface area contributed by atoms with Crippen molar-refractivity contribution in [1.29, 1.82) is 0 Å². The van der Waals surface area contributed by atoms with Gasteiger partial charge in [-0.05, 0) is 79.4 Å². The number of hydrogen-bond donors (Lipinski definition) is 3. The molecule has 1 atom stereocenters. The zero-order chi connectivity index (χ0) is 22.5. The SMILES string of the molecule is Cc1ccc(OC(C)C(=O)NNC(=S)NC(=O)c2ccc(C(C)(C)C)cc2)cc1C. The number of carbonyl (C=O) groups is 2. The highest BCUT2D eigenvalue weighted by atomic mass is 32.1. The lowest BCUT2D eigenvalue weighted by molar-refractivity contribution is -0.127. The molecule has 0 aromatic heterocycles. The molecular formula is C23H29N3O3S. The molecule has 0 fully saturated rings. The first kappa shape index (κ1) is 23.3. The van der Waals surface area contributed by atoms with Crippen molar-refractivity contribution in [2.75, 3.05) is 0 Å². The molecule has 2 aromatic rings. The zero-order valence-electron chi connectivity index (χ0n) is 18.3. The van der Waals surface area contributed by atoms with Gasteiger partial charge in [0.2, 0.25) is 0 Å². The van der Waals surface area contributed by atoms with Crippen LogP contribution in [0.4, 0.5) is 0 Å². The number of hydrazine groups is 1. The van der Waals surface area contributed by atoms with Gasteiger partial charge in [0.15, 0.2) is 11.2 Å². The van der Waals surface area contributed by atoms with Crippen LogP contribution in [0.15, 0.2) is 42.5 Å². The molecule has 2 amide bonds. The first-order valence-corrected chi connectivity index (χ1v) is 10.1. The molecule has 0 saturated heterocycles. The van der Waals surface area contributed by atoms with Crippen LogP contribution in [-0.4, -0.2) is 23.0 Å². The highest BCUT2D eigenvalue weighted by Crippen LogP contribution is 2.22. The second-order valence-corrected chi connectivity index (χ2v) is 8.64. The highest BCUT2D eigenvalue weighted by molar-refractivity contribution is 7.80. The van der Waals surface area contributed by atoms with Crippen LogP contribution in [0.3, 0.4) is 0 Å². The van der Waals surface area contributed by atoms with Gasteiger partial charge < -0.3 is 4.74 Å². The Labute approximate surface area is 183 Å². The minimum absolute atomic E-state index is 0.00614. The average Bonchev–Trinajstić information content (AvgIpc) is 2.68. The Bertz CT molecular complexity index is 934. The van der Waals surface area contributed by atoms with E-state index in [4.69, 9.17) is 17.0 Å². The van der Waals surface area contributed by atoms with Gasteiger partial charge in [-0.1, -0.05) is 39.0 Å². The van der Waals surface area contributed by atoms with Crippen LogP contribution < -0.4 is 20.9 Å². The molecule has 0 spiro atoms. The molecule has 0 radical (unpaired) electrons. The Balaban J connectivity index is 1.83. The van der Waals surface area contributed by atoms with Gasteiger partial charge in [-0.2, -0.15) is 0 Å². The Hall–Kier alpha value is -2.93. The summed E-state index contributed by atoms with van der Waals surface area (Å²) < 4.78 is 5.65. The first-order valence-electron chi connectivity index (χ1n) is 9.73. The van der Waals surface area contributed by atoms with Crippen molar-refractivity contribution in [2.45, 2.75) is 53.1 Å². The fourth-order valence-corrected chi connectivity index (χ4v) is 2.74. The summed E-state index contributed by atoms with van der Waals surface area (Å²) >= 11 is 5.08. The molecule has 0 saturated carbocycles. The second-order valence-electron chi connectivity index (χ2n) is 8.23. The van der Waals surface area contributed by atoms with Crippen LogP contribution in [0.25, 0.3) is 0 Å². The number of ether oxygens (including phenoxy) is 1. The molecule has 0 aliphatic rings. The maximum Gasteiger partial charge on any atom is 0.279 e. The molecule has 2 aromatic carbocycles. The van der Waals surface area contributed by atoms with Crippen molar-refractivity contribution in [1.82, 2.24) is 16.2 Å². The van der Waals surface area contributed by atoms with Crippen molar-refractivity contribution in [2.24, 2.45) is 0 Å². The number of rotatable bonds is 4. The van der Waals surface area contributed by atoms with Crippen molar-refractivity contribution in [3.8, 4) is 5.75 Å². The molecule has 7 heteroatoms. The van der Waals surface area contributed by atoms with Gasteiger partial charge >= 0.3 is 0 Å². The van der Waals surface area contributed by atoms with E-state index < -0.39 is 12.0 Å². The lowest BCUT2D eigenvalue weighted by Crippen LogP contribution is -2.51. The molecule has 30 heavy (non-hydrogen) atoms. The van der Waals surface area contributed by atoms with Crippen LogP contribution in [0, 0.1) is 13.8 Å². The molecule has 0 bridgehead atoms. The maximum atomic E-state index is 12.3. The first-order chi connectivity index (χ1) is 14.0. The summed E-state index contributed by atoms with van der Waals surface area (Å²) in [7, 11) is 0. The molecule has 0 heterocycles. The molecule has 0 aliphatic heterocycles. The summed E-state index contributed by atoms with van der Waals surface area (Å²) in [6.45, 7) is 11.9. The average molecular weight is 428 g/mol. The standard InChI is InChI=1S/C23H29N3O3S/c1-14-7-12-19(13-15(14)2)29-16(3)20(27)25-26-22(30)24-21(28)17-8-10-18(11-9-17)23(4,5)6/h7-13,16H,1-6H3,(H,25,27)(H2,24,26,28,30). The lowest BCUT2D eigenvalue weighted by Gasteiger charge is -2.19. The Kier molecular flexibility index (Phi) is 7.56. The van der Waals surface area contributed by atoms with E-state index in [9.17, 15) is 9.59 Å². The van der Waals surface area contributed by atoms with Crippen molar-refractivity contribution >= 4 is 29.1 Å². The predicted molar refractivity (Wildman–Crippen MR) is 122 cm³/mol. The van der Waals surface area contributed by atoms with Gasteiger partial charge in [0, 0.05) is 5.56 Å². The van der Waals surface area contributed by atoms with Gasteiger partial charge in [0.1, 0.15) is 5.75 Å². The largest absolute Gasteiger partial charge is 0.481 e. The topological polar surface area (TPSA) is 79.5 Å². The Morgan fingerprint density at radius 3 is 2.17 bits per heavy atom. The van der Waals surface area contributed by atoms with E-state index in [0.717, 1.165) is 16.7 Å². The number of nitrogens with one attached hydrogen (secondary N) is 3.